The van der Waals surface area contributed by atoms with Crippen molar-refractivity contribution in [1.29, 1.82) is 0 Å². The van der Waals surface area contributed by atoms with Crippen LogP contribution in [-0.2, 0) is 5.75 Å². The van der Waals surface area contributed by atoms with Gasteiger partial charge in [-0.3, -0.25) is 0 Å². The lowest BCUT2D eigenvalue weighted by Gasteiger charge is -2.05. The van der Waals surface area contributed by atoms with Crippen LogP contribution < -0.4 is 5.84 Å². The summed E-state index contributed by atoms with van der Waals surface area (Å²) in [6, 6.07) is 15.2. The highest BCUT2D eigenvalue weighted by molar-refractivity contribution is 7.98. The van der Waals surface area contributed by atoms with Crippen molar-refractivity contribution in [1.82, 2.24) is 19.9 Å². The first kappa shape index (κ1) is 18.3. The number of nitrogens with zero attached hydrogens (tertiary/aromatic N) is 4. The highest BCUT2D eigenvalue weighted by Gasteiger charge is 2.16. The lowest BCUT2D eigenvalue weighted by Crippen LogP contribution is -2.11. The second-order valence-corrected chi connectivity index (χ2v) is 8.24. The lowest BCUT2D eigenvalue weighted by molar-refractivity contribution is 0.849. The molecule has 2 aromatic carbocycles. The number of nitrogen functional groups attached to an aromatic ring is 1. The number of hydrogen-bond acceptors (Lipinski definition) is 6. The fourth-order valence-electron chi connectivity index (χ4n) is 2.45. The fraction of sp³-hybridized carbons (Fsp3) is 0.0556. The van der Waals surface area contributed by atoms with E-state index in [1.54, 1.807) is 29.5 Å². The third-order valence-electron chi connectivity index (χ3n) is 3.76. The monoisotopic (exact) mass is 433 g/mol. The summed E-state index contributed by atoms with van der Waals surface area (Å²) in [6.07, 6.45) is 0. The second kappa shape index (κ2) is 7.90. The quantitative estimate of drug-likeness (QED) is 0.337. The maximum Gasteiger partial charge on any atom is 0.210 e. The van der Waals surface area contributed by atoms with E-state index in [2.05, 4.69) is 15.2 Å². The second-order valence-electron chi connectivity index (χ2n) is 5.60. The number of thiazole rings is 1. The van der Waals surface area contributed by atoms with Crippen LogP contribution in [0, 0.1) is 0 Å². The smallest absolute Gasteiger partial charge is 0.210 e. The van der Waals surface area contributed by atoms with Gasteiger partial charge in [0.2, 0.25) is 5.16 Å². The molecule has 136 valence electrons. The third kappa shape index (κ3) is 3.96. The average Bonchev–Trinajstić information content (AvgIpc) is 3.30. The molecule has 2 N–H and O–H groups in total. The summed E-state index contributed by atoms with van der Waals surface area (Å²) in [7, 11) is 0. The van der Waals surface area contributed by atoms with Gasteiger partial charge in [0.25, 0.3) is 0 Å². The highest BCUT2D eigenvalue weighted by atomic mass is 35.5. The maximum atomic E-state index is 6.24. The zero-order chi connectivity index (χ0) is 18.8. The van der Waals surface area contributed by atoms with E-state index in [0.717, 1.165) is 16.3 Å². The van der Waals surface area contributed by atoms with Crippen molar-refractivity contribution in [2.45, 2.75) is 10.9 Å². The molecule has 0 saturated carbocycles. The van der Waals surface area contributed by atoms with E-state index in [1.165, 1.54) is 16.4 Å². The number of rotatable bonds is 5. The first-order valence-corrected chi connectivity index (χ1v) is 10.5. The Balaban J connectivity index is 1.51. The molecule has 0 aliphatic rings. The van der Waals surface area contributed by atoms with Crippen LogP contribution in [0.4, 0.5) is 0 Å². The van der Waals surface area contributed by atoms with E-state index < -0.39 is 0 Å². The van der Waals surface area contributed by atoms with Gasteiger partial charge in [0.1, 0.15) is 5.01 Å². The molecule has 0 bridgehead atoms. The summed E-state index contributed by atoms with van der Waals surface area (Å²) in [5.41, 5.74) is 2.72. The molecule has 0 saturated heterocycles. The minimum absolute atomic E-state index is 0.466. The van der Waals surface area contributed by atoms with Gasteiger partial charge in [-0.05, 0) is 18.2 Å². The number of aromatic nitrogens is 4. The van der Waals surface area contributed by atoms with E-state index in [9.17, 15) is 0 Å². The van der Waals surface area contributed by atoms with Gasteiger partial charge in [-0.1, -0.05) is 65.3 Å². The van der Waals surface area contributed by atoms with Gasteiger partial charge < -0.3 is 5.84 Å². The van der Waals surface area contributed by atoms with Gasteiger partial charge in [0, 0.05) is 27.3 Å². The zero-order valence-corrected chi connectivity index (χ0v) is 17.0. The molecule has 0 unspecified atom stereocenters. The molecule has 2 aromatic heterocycles. The molecule has 5 nitrogen and oxygen atoms in total. The Bertz CT molecular complexity index is 1080. The largest absolute Gasteiger partial charge is 0.335 e. The molecule has 9 heteroatoms. The summed E-state index contributed by atoms with van der Waals surface area (Å²) in [5, 5.41) is 13.0. The molecule has 2 heterocycles. The van der Waals surface area contributed by atoms with Crippen molar-refractivity contribution in [3.05, 3.63) is 69.7 Å². The Morgan fingerprint density at radius 1 is 1.07 bits per heavy atom. The number of thioether (sulfide) groups is 1. The summed E-state index contributed by atoms with van der Waals surface area (Å²) >= 11 is 15.4. The molecule has 0 atom stereocenters. The van der Waals surface area contributed by atoms with Crippen LogP contribution in [0.5, 0.6) is 0 Å². The zero-order valence-electron chi connectivity index (χ0n) is 13.8. The van der Waals surface area contributed by atoms with Crippen molar-refractivity contribution in [3.8, 4) is 22.0 Å². The van der Waals surface area contributed by atoms with Gasteiger partial charge >= 0.3 is 0 Å². The summed E-state index contributed by atoms with van der Waals surface area (Å²) in [5.74, 6) is 7.27. The van der Waals surface area contributed by atoms with Gasteiger partial charge in [0.05, 0.1) is 10.7 Å². The van der Waals surface area contributed by atoms with Gasteiger partial charge in [-0.15, -0.1) is 21.5 Å². The van der Waals surface area contributed by atoms with E-state index in [-0.39, 0.29) is 0 Å². The molecule has 0 fully saturated rings. The number of benzene rings is 2. The molecule has 27 heavy (non-hydrogen) atoms. The molecule has 0 radical (unpaired) electrons. The number of nitrogens with two attached hydrogens (primary N) is 1. The average molecular weight is 434 g/mol. The predicted molar refractivity (Wildman–Crippen MR) is 113 cm³/mol. The molecule has 0 spiro atoms. The third-order valence-corrected chi connectivity index (χ3v) is 6.24. The lowest BCUT2D eigenvalue weighted by atomic mass is 10.2. The van der Waals surface area contributed by atoms with Crippen molar-refractivity contribution < 1.29 is 0 Å². The van der Waals surface area contributed by atoms with E-state index in [0.29, 0.717) is 32.3 Å². The molecule has 4 rings (SSSR count). The predicted octanol–water partition coefficient (Wildman–Crippen LogP) is 5.38. The Kier molecular flexibility index (Phi) is 5.36. The highest BCUT2D eigenvalue weighted by Crippen LogP contribution is 2.31. The van der Waals surface area contributed by atoms with Gasteiger partial charge in [-0.25, -0.2) is 9.66 Å². The van der Waals surface area contributed by atoms with Crippen LogP contribution in [0.1, 0.15) is 5.69 Å². The summed E-state index contributed by atoms with van der Waals surface area (Å²) in [4.78, 5) is 4.68. The maximum absolute atomic E-state index is 6.24. The van der Waals surface area contributed by atoms with Gasteiger partial charge in [-0.2, -0.15) is 0 Å². The SMILES string of the molecule is Nn1c(SCc2csc(-c3ccccc3)n2)nnc1-c1cc(Cl)ccc1Cl. The van der Waals surface area contributed by atoms with Crippen molar-refractivity contribution >= 4 is 46.3 Å². The normalized spacial score (nSPS) is 11.0. The number of halogens is 2. The first-order chi connectivity index (χ1) is 13.1. The number of hydrogen-bond donors (Lipinski definition) is 1. The molecular formula is C18H13Cl2N5S2. The van der Waals surface area contributed by atoms with Crippen LogP contribution in [0.2, 0.25) is 10.0 Å². The molecule has 0 amide bonds. The van der Waals surface area contributed by atoms with Crippen molar-refractivity contribution in [2.24, 2.45) is 0 Å². The molecular weight excluding hydrogens is 421 g/mol. The minimum Gasteiger partial charge on any atom is -0.335 e. The van der Waals surface area contributed by atoms with Crippen LogP contribution >= 0.6 is 46.3 Å². The summed E-state index contributed by atoms with van der Waals surface area (Å²) in [6.45, 7) is 0. The molecule has 4 aromatic rings. The van der Waals surface area contributed by atoms with Crippen LogP contribution in [0.3, 0.4) is 0 Å². The molecule has 0 aliphatic heterocycles. The Hall–Kier alpha value is -2.06. The first-order valence-electron chi connectivity index (χ1n) is 7.90. The minimum atomic E-state index is 0.466. The Labute approximate surface area is 174 Å². The van der Waals surface area contributed by atoms with Crippen LogP contribution in [0.15, 0.2) is 59.1 Å². The van der Waals surface area contributed by atoms with Gasteiger partial charge in [0.15, 0.2) is 5.82 Å². The topological polar surface area (TPSA) is 69.6 Å². The van der Waals surface area contributed by atoms with E-state index in [1.807, 2.05) is 35.7 Å². The fourth-order valence-corrected chi connectivity index (χ4v) is 4.51. The van der Waals surface area contributed by atoms with Crippen molar-refractivity contribution in [2.75, 3.05) is 5.84 Å². The van der Waals surface area contributed by atoms with Crippen LogP contribution in [0.25, 0.3) is 22.0 Å². The van der Waals surface area contributed by atoms with Crippen molar-refractivity contribution in [3.63, 3.8) is 0 Å². The standard InChI is InChI=1S/C18H13Cl2N5S2/c19-12-6-7-15(20)14(8-12)16-23-24-18(25(16)21)27-10-13-9-26-17(22-13)11-4-2-1-3-5-11/h1-9H,10,21H2. The summed E-state index contributed by atoms with van der Waals surface area (Å²) < 4.78 is 1.42. The Morgan fingerprint density at radius 2 is 1.89 bits per heavy atom. The van der Waals surface area contributed by atoms with E-state index >= 15 is 0 Å². The van der Waals surface area contributed by atoms with Crippen LogP contribution in [-0.4, -0.2) is 19.9 Å². The van der Waals surface area contributed by atoms with E-state index in [4.69, 9.17) is 29.0 Å². The molecule has 0 aliphatic carbocycles. The Morgan fingerprint density at radius 3 is 2.70 bits per heavy atom.